The molecule has 0 aliphatic heterocycles. The van der Waals surface area contributed by atoms with Crippen LogP contribution in [0.3, 0.4) is 0 Å². The highest BCUT2D eigenvalue weighted by molar-refractivity contribution is 6.31. The molecule has 3 aromatic rings. The van der Waals surface area contributed by atoms with Gasteiger partial charge in [-0.2, -0.15) is 5.10 Å². The molecule has 0 unspecified atom stereocenters. The average Bonchev–Trinajstić information content (AvgIpc) is 2.70. The Morgan fingerprint density at radius 1 is 1.14 bits per heavy atom. The van der Waals surface area contributed by atoms with E-state index in [0.717, 1.165) is 21.9 Å². The third-order valence-corrected chi connectivity index (χ3v) is 4.54. The second kappa shape index (κ2) is 9.24. The maximum Gasteiger partial charge on any atom is 0.277 e. The fraction of sp³-hybridized carbons (Fsp3) is 0.182. The van der Waals surface area contributed by atoms with Crippen LogP contribution in [0.15, 0.2) is 59.7 Å². The van der Waals surface area contributed by atoms with Crippen molar-refractivity contribution in [3.8, 4) is 11.5 Å². The van der Waals surface area contributed by atoms with Crippen LogP contribution in [-0.2, 0) is 4.79 Å². The van der Waals surface area contributed by atoms with Crippen molar-refractivity contribution in [2.45, 2.75) is 13.8 Å². The van der Waals surface area contributed by atoms with Crippen LogP contribution in [0.5, 0.6) is 11.5 Å². The minimum atomic E-state index is -0.359. The largest absolute Gasteiger partial charge is 0.493 e. The third-order valence-electron chi connectivity index (χ3n) is 4.11. The Morgan fingerprint density at radius 3 is 2.75 bits per heavy atom. The molecule has 6 heteroatoms. The highest BCUT2D eigenvalue weighted by Crippen LogP contribution is 2.26. The first kappa shape index (κ1) is 19.7. The SMILES string of the molecule is CCOc1ccc2ccccc2c1/C=N/NC(=O)COc1ccc(Cl)c(C)c1. The van der Waals surface area contributed by atoms with Crippen molar-refractivity contribution in [3.05, 3.63) is 70.7 Å². The van der Waals surface area contributed by atoms with Gasteiger partial charge < -0.3 is 9.47 Å². The Kier molecular flexibility index (Phi) is 6.50. The van der Waals surface area contributed by atoms with E-state index >= 15 is 0 Å². The molecule has 0 aliphatic carbocycles. The van der Waals surface area contributed by atoms with E-state index in [0.29, 0.717) is 23.1 Å². The molecular weight excluding hydrogens is 376 g/mol. The number of carbonyl (C=O) groups excluding carboxylic acids is 1. The minimum Gasteiger partial charge on any atom is -0.493 e. The smallest absolute Gasteiger partial charge is 0.277 e. The van der Waals surface area contributed by atoms with Gasteiger partial charge in [0.25, 0.3) is 5.91 Å². The molecule has 0 saturated heterocycles. The van der Waals surface area contributed by atoms with Crippen molar-refractivity contribution >= 4 is 34.5 Å². The van der Waals surface area contributed by atoms with Crippen LogP contribution in [0.2, 0.25) is 5.02 Å². The summed E-state index contributed by atoms with van der Waals surface area (Å²) in [7, 11) is 0. The average molecular weight is 397 g/mol. The first-order valence-corrected chi connectivity index (χ1v) is 9.31. The molecule has 0 atom stereocenters. The summed E-state index contributed by atoms with van der Waals surface area (Å²) in [5.74, 6) is 0.933. The van der Waals surface area contributed by atoms with Gasteiger partial charge >= 0.3 is 0 Å². The number of aryl methyl sites for hydroxylation is 1. The van der Waals surface area contributed by atoms with Gasteiger partial charge in [0.15, 0.2) is 6.61 Å². The second-order valence-electron chi connectivity index (χ2n) is 6.12. The summed E-state index contributed by atoms with van der Waals surface area (Å²) < 4.78 is 11.2. The quantitative estimate of drug-likeness (QED) is 0.464. The lowest BCUT2D eigenvalue weighted by Gasteiger charge is -2.10. The molecule has 28 heavy (non-hydrogen) atoms. The molecule has 0 aromatic heterocycles. The maximum absolute atomic E-state index is 12.0. The first-order chi connectivity index (χ1) is 13.6. The first-order valence-electron chi connectivity index (χ1n) is 8.94. The highest BCUT2D eigenvalue weighted by Gasteiger charge is 2.07. The second-order valence-corrected chi connectivity index (χ2v) is 6.53. The van der Waals surface area contributed by atoms with Crippen LogP contribution in [0.1, 0.15) is 18.1 Å². The molecular formula is C22H21ClN2O3. The van der Waals surface area contributed by atoms with Gasteiger partial charge in [0.1, 0.15) is 11.5 Å². The zero-order valence-corrected chi connectivity index (χ0v) is 16.5. The van der Waals surface area contributed by atoms with Gasteiger partial charge in [0.05, 0.1) is 12.8 Å². The molecule has 3 rings (SSSR count). The van der Waals surface area contributed by atoms with Gasteiger partial charge in [0.2, 0.25) is 0 Å². The third kappa shape index (κ3) is 4.81. The van der Waals surface area contributed by atoms with E-state index < -0.39 is 0 Å². The molecule has 1 amide bonds. The Balaban J connectivity index is 1.67. The summed E-state index contributed by atoms with van der Waals surface area (Å²) in [6, 6.07) is 17.1. The number of hydrogen-bond acceptors (Lipinski definition) is 4. The van der Waals surface area contributed by atoms with Crippen LogP contribution in [0.4, 0.5) is 0 Å². The van der Waals surface area contributed by atoms with Crippen LogP contribution in [0.25, 0.3) is 10.8 Å². The zero-order chi connectivity index (χ0) is 19.9. The number of hydrazone groups is 1. The van der Waals surface area contributed by atoms with Crippen LogP contribution < -0.4 is 14.9 Å². The number of halogens is 1. The molecule has 0 bridgehead atoms. The van der Waals surface area contributed by atoms with Crippen molar-refractivity contribution in [1.82, 2.24) is 5.43 Å². The number of nitrogens with zero attached hydrogens (tertiary/aromatic N) is 1. The van der Waals surface area contributed by atoms with Crippen LogP contribution in [0, 0.1) is 6.92 Å². The molecule has 1 N–H and O–H groups in total. The summed E-state index contributed by atoms with van der Waals surface area (Å²) in [5, 5.41) is 6.80. The van der Waals surface area contributed by atoms with Gasteiger partial charge in [-0.1, -0.05) is 41.9 Å². The Labute approximate surface area is 168 Å². The van der Waals surface area contributed by atoms with E-state index in [9.17, 15) is 4.79 Å². The zero-order valence-electron chi connectivity index (χ0n) is 15.7. The lowest BCUT2D eigenvalue weighted by Crippen LogP contribution is -2.24. The number of benzene rings is 3. The Bertz CT molecular complexity index is 1020. The van der Waals surface area contributed by atoms with Crippen molar-refractivity contribution < 1.29 is 14.3 Å². The van der Waals surface area contributed by atoms with E-state index in [1.54, 1.807) is 24.4 Å². The lowest BCUT2D eigenvalue weighted by atomic mass is 10.0. The molecule has 5 nitrogen and oxygen atoms in total. The summed E-state index contributed by atoms with van der Waals surface area (Å²) in [5.41, 5.74) is 4.19. The molecule has 0 radical (unpaired) electrons. The predicted octanol–water partition coefficient (Wildman–Crippen LogP) is 4.73. The van der Waals surface area contributed by atoms with Gasteiger partial charge in [-0.05, 0) is 54.4 Å². The van der Waals surface area contributed by atoms with Crippen molar-refractivity contribution in [2.24, 2.45) is 5.10 Å². The molecule has 0 heterocycles. The lowest BCUT2D eigenvalue weighted by molar-refractivity contribution is -0.123. The standard InChI is InChI=1S/C22H21ClN2O3/c1-3-27-21-11-8-16-6-4-5-7-18(16)19(21)13-24-25-22(26)14-28-17-9-10-20(23)15(2)12-17/h4-13H,3,14H2,1-2H3,(H,25,26)/b24-13+. The summed E-state index contributed by atoms with van der Waals surface area (Å²) in [4.78, 5) is 12.0. The number of amides is 1. The maximum atomic E-state index is 12.0. The van der Waals surface area contributed by atoms with Crippen molar-refractivity contribution in [1.29, 1.82) is 0 Å². The topological polar surface area (TPSA) is 59.9 Å². The summed E-state index contributed by atoms with van der Waals surface area (Å²) in [6.45, 7) is 4.19. The number of fused-ring (bicyclic) bond motifs is 1. The monoisotopic (exact) mass is 396 g/mol. The van der Waals surface area contributed by atoms with Gasteiger partial charge in [-0.3, -0.25) is 4.79 Å². The summed E-state index contributed by atoms with van der Waals surface area (Å²) >= 11 is 5.98. The highest BCUT2D eigenvalue weighted by atomic mass is 35.5. The van der Waals surface area contributed by atoms with E-state index in [2.05, 4.69) is 10.5 Å². The van der Waals surface area contributed by atoms with Crippen LogP contribution in [-0.4, -0.2) is 25.3 Å². The Hall–Kier alpha value is -3.05. The van der Waals surface area contributed by atoms with Gasteiger partial charge in [-0.15, -0.1) is 0 Å². The number of hydrogen-bond donors (Lipinski definition) is 1. The molecule has 0 spiro atoms. The van der Waals surface area contributed by atoms with E-state index in [4.69, 9.17) is 21.1 Å². The van der Waals surface area contributed by atoms with Crippen LogP contribution >= 0.6 is 11.6 Å². The normalized spacial score (nSPS) is 11.0. The fourth-order valence-corrected chi connectivity index (χ4v) is 2.86. The number of nitrogens with one attached hydrogen (secondary N) is 1. The molecule has 0 saturated carbocycles. The molecule has 3 aromatic carbocycles. The number of ether oxygens (including phenoxy) is 2. The number of rotatable bonds is 7. The predicted molar refractivity (Wildman–Crippen MR) is 113 cm³/mol. The van der Waals surface area contributed by atoms with E-state index in [-0.39, 0.29) is 12.5 Å². The molecule has 144 valence electrons. The van der Waals surface area contributed by atoms with Gasteiger partial charge in [0, 0.05) is 10.6 Å². The molecule has 0 fully saturated rings. The number of carbonyl (C=O) groups is 1. The minimum absolute atomic E-state index is 0.147. The molecule has 0 aliphatic rings. The Morgan fingerprint density at radius 2 is 1.96 bits per heavy atom. The fourth-order valence-electron chi connectivity index (χ4n) is 2.75. The van der Waals surface area contributed by atoms with E-state index in [1.807, 2.05) is 50.2 Å². The summed E-state index contributed by atoms with van der Waals surface area (Å²) in [6.07, 6.45) is 1.59. The van der Waals surface area contributed by atoms with Crippen molar-refractivity contribution in [2.75, 3.05) is 13.2 Å². The van der Waals surface area contributed by atoms with Crippen molar-refractivity contribution in [3.63, 3.8) is 0 Å². The van der Waals surface area contributed by atoms with E-state index in [1.165, 1.54) is 0 Å². The van der Waals surface area contributed by atoms with Gasteiger partial charge in [-0.25, -0.2) is 5.43 Å².